The zero-order chi connectivity index (χ0) is 11.5. The Morgan fingerprint density at radius 3 is 2.65 bits per heavy atom. The maximum absolute atomic E-state index is 4.53. The standard InChI is InChI=1S/C13H19N3S/c1-2-6-17-12(3-1)13-15-8-10(9-16-13)7-14-11-4-5-11/h8-9,11-12,14H,1-7H2. The van der Waals surface area contributed by atoms with Crippen molar-refractivity contribution in [3.8, 4) is 0 Å². The van der Waals surface area contributed by atoms with Crippen molar-refractivity contribution in [3.05, 3.63) is 23.8 Å². The Bertz CT molecular complexity index is 355. The summed E-state index contributed by atoms with van der Waals surface area (Å²) < 4.78 is 0. The summed E-state index contributed by atoms with van der Waals surface area (Å²) in [5.41, 5.74) is 1.21. The van der Waals surface area contributed by atoms with Gasteiger partial charge < -0.3 is 5.32 Å². The van der Waals surface area contributed by atoms with Gasteiger partial charge in [0.2, 0.25) is 0 Å². The van der Waals surface area contributed by atoms with Crippen molar-refractivity contribution in [1.29, 1.82) is 0 Å². The van der Waals surface area contributed by atoms with Gasteiger partial charge in [0.05, 0.1) is 5.25 Å². The minimum Gasteiger partial charge on any atom is -0.310 e. The molecule has 0 bridgehead atoms. The molecule has 0 spiro atoms. The molecule has 1 saturated heterocycles. The first-order chi connectivity index (χ1) is 8.42. The molecule has 0 radical (unpaired) electrons. The van der Waals surface area contributed by atoms with E-state index in [1.165, 1.54) is 43.4 Å². The van der Waals surface area contributed by atoms with E-state index in [1.54, 1.807) is 0 Å². The zero-order valence-corrected chi connectivity index (χ0v) is 10.9. The normalized spacial score (nSPS) is 24.8. The highest BCUT2D eigenvalue weighted by Crippen LogP contribution is 2.36. The van der Waals surface area contributed by atoms with Crippen LogP contribution < -0.4 is 5.32 Å². The van der Waals surface area contributed by atoms with Crippen LogP contribution >= 0.6 is 11.8 Å². The van der Waals surface area contributed by atoms with Gasteiger partial charge in [-0.3, -0.25) is 0 Å². The van der Waals surface area contributed by atoms with Crippen LogP contribution in [-0.2, 0) is 6.54 Å². The van der Waals surface area contributed by atoms with Crippen LogP contribution in [0.2, 0.25) is 0 Å². The molecule has 3 rings (SSSR count). The molecule has 4 heteroatoms. The lowest BCUT2D eigenvalue weighted by molar-refractivity contribution is 0.653. The minimum atomic E-state index is 0.536. The third kappa shape index (κ3) is 3.19. The van der Waals surface area contributed by atoms with E-state index < -0.39 is 0 Å². The second-order valence-electron chi connectivity index (χ2n) is 4.96. The van der Waals surface area contributed by atoms with Crippen LogP contribution in [0.1, 0.15) is 48.7 Å². The summed E-state index contributed by atoms with van der Waals surface area (Å²) in [5.74, 6) is 2.30. The van der Waals surface area contributed by atoms with Crippen LogP contribution in [0, 0.1) is 0 Å². The van der Waals surface area contributed by atoms with E-state index in [-0.39, 0.29) is 0 Å². The molecule has 1 atom stereocenters. The molecule has 0 aromatic carbocycles. The van der Waals surface area contributed by atoms with Crippen LogP contribution in [0.3, 0.4) is 0 Å². The summed E-state index contributed by atoms with van der Waals surface area (Å²) in [6.45, 7) is 0.919. The van der Waals surface area contributed by atoms with Crippen molar-refractivity contribution in [2.24, 2.45) is 0 Å². The van der Waals surface area contributed by atoms with Crippen LogP contribution in [0.5, 0.6) is 0 Å². The first-order valence-electron chi connectivity index (χ1n) is 6.57. The summed E-state index contributed by atoms with van der Waals surface area (Å²) in [7, 11) is 0. The van der Waals surface area contributed by atoms with E-state index in [1.807, 2.05) is 24.2 Å². The second kappa shape index (κ2) is 5.36. The van der Waals surface area contributed by atoms with Gasteiger partial charge in [-0.15, -0.1) is 0 Å². The highest BCUT2D eigenvalue weighted by Gasteiger charge is 2.21. The first-order valence-corrected chi connectivity index (χ1v) is 7.62. The van der Waals surface area contributed by atoms with Crippen molar-refractivity contribution < 1.29 is 0 Å². The fourth-order valence-electron chi connectivity index (χ4n) is 2.12. The maximum atomic E-state index is 4.53. The number of thioether (sulfide) groups is 1. The quantitative estimate of drug-likeness (QED) is 0.890. The van der Waals surface area contributed by atoms with E-state index in [2.05, 4.69) is 15.3 Å². The van der Waals surface area contributed by atoms with Crippen molar-refractivity contribution in [1.82, 2.24) is 15.3 Å². The van der Waals surface area contributed by atoms with Crippen LogP contribution in [0.25, 0.3) is 0 Å². The average molecular weight is 249 g/mol. The van der Waals surface area contributed by atoms with Gasteiger partial charge in [0.25, 0.3) is 0 Å². The topological polar surface area (TPSA) is 37.8 Å². The first kappa shape index (κ1) is 11.5. The Kier molecular flexibility index (Phi) is 3.62. The van der Waals surface area contributed by atoms with E-state index in [0.717, 1.165) is 18.4 Å². The van der Waals surface area contributed by atoms with E-state index in [0.29, 0.717) is 5.25 Å². The van der Waals surface area contributed by atoms with Gasteiger partial charge in [0, 0.05) is 30.5 Å². The number of nitrogens with one attached hydrogen (secondary N) is 1. The summed E-state index contributed by atoms with van der Waals surface area (Å²) in [5, 5.41) is 4.02. The van der Waals surface area contributed by atoms with Crippen LogP contribution in [0.4, 0.5) is 0 Å². The van der Waals surface area contributed by atoms with Gasteiger partial charge in [-0.05, 0) is 31.4 Å². The summed E-state index contributed by atoms with van der Waals surface area (Å²) >= 11 is 2.01. The highest BCUT2D eigenvalue weighted by molar-refractivity contribution is 7.99. The predicted octanol–water partition coefficient (Wildman–Crippen LogP) is 2.69. The number of nitrogens with zero attached hydrogens (tertiary/aromatic N) is 2. The van der Waals surface area contributed by atoms with Gasteiger partial charge in [-0.2, -0.15) is 11.8 Å². The molecule has 2 fully saturated rings. The van der Waals surface area contributed by atoms with E-state index in [9.17, 15) is 0 Å². The van der Waals surface area contributed by atoms with Gasteiger partial charge >= 0.3 is 0 Å². The number of rotatable bonds is 4. The van der Waals surface area contributed by atoms with Gasteiger partial charge in [0.15, 0.2) is 0 Å². The lowest BCUT2D eigenvalue weighted by Gasteiger charge is -2.19. The Morgan fingerprint density at radius 1 is 1.18 bits per heavy atom. The Morgan fingerprint density at radius 2 is 2.00 bits per heavy atom. The minimum absolute atomic E-state index is 0.536. The molecule has 2 aliphatic rings. The highest BCUT2D eigenvalue weighted by atomic mass is 32.2. The third-order valence-corrected chi connectivity index (χ3v) is 4.74. The molecule has 1 aliphatic heterocycles. The SMILES string of the molecule is c1nc(C2CCCCS2)ncc1CNC1CC1. The number of aromatic nitrogens is 2. The van der Waals surface area contributed by atoms with Gasteiger partial charge in [-0.1, -0.05) is 6.42 Å². The smallest absolute Gasteiger partial charge is 0.141 e. The van der Waals surface area contributed by atoms with Crippen molar-refractivity contribution in [2.75, 3.05) is 5.75 Å². The predicted molar refractivity (Wildman–Crippen MR) is 70.9 cm³/mol. The molecule has 3 nitrogen and oxygen atoms in total. The molecular weight excluding hydrogens is 230 g/mol. The fourth-order valence-corrected chi connectivity index (χ4v) is 3.38. The fraction of sp³-hybridized carbons (Fsp3) is 0.692. The Hall–Kier alpha value is -0.610. The average Bonchev–Trinajstić information content (AvgIpc) is 3.22. The van der Waals surface area contributed by atoms with Gasteiger partial charge in [-0.25, -0.2) is 9.97 Å². The lowest BCUT2D eigenvalue weighted by atomic mass is 10.2. The van der Waals surface area contributed by atoms with Gasteiger partial charge in [0.1, 0.15) is 5.82 Å². The second-order valence-corrected chi connectivity index (χ2v) is 6.27. The molecule has 17 heavy (non-hydrogen) atoms. The third-order valence-electron chi connectivity index (χ3n) is 3.37. The van der Waals surface area contributed by atoms with Crippen LogP contribution in [0.15, 0.2) is 12.4 Å². The summed E-state index contributed by atoms with van der Waals surface area (Å²) in [6.07, 6.45) is 10.6. The maximum Gasteiger partial charge on any atom is 0.141 e. The molecule has 1 saturated carbocycles. The zero-order valence-electron chi connectivity index (χ0n) is 10.1. The Labute approximate surface area is 107 Å². The van der Waals surface area contributed by atoms with Crippen molar-refractivity contribution in [3.63, 3.8) is 0 Å². The molecule has 1 aromatic rings. The van der Waals surface area contributed by atoms with Crippen molar-refractivity contribution in [2.45, 2.75) is 49.9 Å². The molecular formula is C13H19N3S. The van der Waals surface area contributed by atoms with E-state index in [4.69, 9.17) is 0 Å². The van der Waals surface area contributed by atoms with Crippen LogP contribution in [-0.4, -0.2) is 21.8 Å². The summed E-state index contributed by atoms with van der Waals surface area (Å²) in [6, 6.07) is 0.753. The lowest BCUT2D eigenvalue weighted by Crippen LogP contribution is -2.16. The molecule has 1 aliphatic carbocycles. The monoisotopic (exact) mass is 249 g/mol. The molecule has 1 aromatic heterocycles. The van der Waals surface area contributed by atoms with Crippen molar-refractivity contribution >= 4 is 11.8 Å². The number of hydrogen-bond acceptors (Lipinski definition) is 4. The number of hydrogen-bond donors (Lipinski definition) is 1. The molecule has 1 N–H and O–H groups in total. The molecule has 92 valence electrons. The molecule has 2 heterocycles. The largest absolute Gasteiger partial charge is 0.310 e. The van der Waals surface area contributed by atoms with E-state index >= 15 is 0 Å². The molecule has 1 unspecified atom stereocenters. The molecule has 0 amide bonds. The Balaban J connectivity index is 1.58. The summed E-state index contributed by atoms with van der Waals surface area (Å²) in [4.78, 5) is 9.06.